The van der Waals surface area contributed by atoms with E-state index >= 15 is 0 Å². The maximum absolute atomic E-state index is 12.7. The van der Waals surface area contributed by atoms with Gasteiger partial charge in [-0.05, 0) is 18.2 Å². The van der Waals surface area contributed by atoms with E-state index in [1.165, 1.54) is 12.1 Å². The fourth-order valence-electron chi connectivity index (χ4n) is 1.67. The largest absolute Gasteiger partial charge is 0.433 e. The van der Waals surface area contributed by atoms with Gasteiger partial charge in [-0.1, -0.05) is 28.4 Å². The highest BCUT2D eigenvalue weighted by Crippen LogP contribution is 2.29. The van der Waals surface area contributed by atoms with Crippen molar-refractivity contribution < 1.29 is 13.2 Å². The number of nitrogens with zero attached hydrogens (tertiary/aromatic N) is 5. The Morgan fingerprint density at radius 1 is 1.10 bits per heavy atom. The summed E-state index contributed by atoms with van der Waals surface area (Å²) >= 11 is 11.7. The molecule has 0 bridgehead atoms. The van der Waals surface area contributed by atoms with E-state index < -0.39 is 11.9 Å². The van der Waals surface area contributed by atoms with Gasteiger partial charge in [-0.25, -0.2) is 9.97 Å². The molecule has 0 unspecified atom stereocenters. The van der Waals surface area contributed by atoms with E-state index in [9.17, 15) is 13.2 Å². The van der Waals surface area contributed by atoms with Crippen molar-refractivity contribution in [3.63, 3.8) is 0 Å². The van der Waals surface area contributed by atoms with Gasteiger partial charge in [-0.2, -0.15) is 17.9 Å². The molecular formula is C11H4Cl2F3N5. The van der Waals surface area contributed by atoms with Crippen LogP contribution in [0.15, 0.2) is 24.4 Å². The van der Waals surface area contributed by atoms with E-state index in [-0.39, 0.29) is 16.0 Å². The number of aromatic nitrogens is 5. The lowest BCUT2D eigenvalue weighted by Crippen LogP contribution is -2.12. The Morgan fingerprint density at radius 2 is 1.81 bits per heavy atom. The van der Waals surface area contributed by atoms with Crippen molar-refractivity contribution in [2.75, 3.05) is 0 Å². The number of rotatable bonds is 1. The Labute approximate surface area is 125 Å². The molecular weight excluding hydrogens is 330 g/mol. The van der Waals surface area contributed by atoms with Crippen LogP contribution in [0.1, 0.15) is 5.69 Å². The van der Waals surface area contributed by atoms with Crippen LogP contribution in [-0.2, 0) is 6.18 Å². The summed E-state index contributed by atoms with van der Waals surface area (Å²) in [5, 5.41) is 8.01. The molecule has 0 radical (unpaired) electrons. The van der Waals surface area contributed by atoms with E-state index in [2.05, 4.69) is 20.3 Å². The van der Waals surface area contributed by atoms with Gasteiger partial charge in [0.2, 0.25) is 0 Å². The zero-order valence-electron chi connectivity index (χ0n) is 9.94. The Morgan fingerprint density at radius 3 is 2.52 bits per heavy atom. The minimum atomic E-state index is -4.57. The molecule has 0 spiro atoms. The Bertz CT molecular complexity index is 830. The summed E-state index contributed by atoms with van der Waals surface area (Å²) in [6.07, 6.45) is -3.58. The van der Waals surface area contributed by atoms with Gasteiger partial charge in [0.25, 0.3) is 5.95 Å². The number of benzene rings is 1. The van der Waals surface area contributed by atoms with E-state index in [0.29, 0.717) is 11.0 Å². The van der Waals surface area contributed by atoms with Crippen molar-refractivity contribution in [2.24, 2.45) is 0 Å². The van der Waals surface area contributed by atoms with Gasteiger partial charge < -0.3 is 0 Å². The topological polar surface area (TPSA) is 56.5 Å². The van der Waals surface area contributed by atoms with Crippen molar-refractivity contribution in [2.45, 2.75) is 6.18 Å². The molecule has 0 aliphatic rings. The van der Waals surface area contributed by atoms with Crippen LogP contribution in [0.2, 0.25) is 10.0 Å². The number of hydrogen-bond acceptors (Lipinski definition) is 4. The highest BCUT2D eigenvalue weighted by molar-refractivity contribution is 6.42. The fraction of sp³-hybridized carbons (Fsp3) is 0.0909. The molecule has 0 aliphatic carbocycles. The van der Waals surface area contributed by atoms with Gasteiger partial charge in [-0.3, -0.25) is 0 Å². The fourth-order valence-corrected chi connectivity index (χ4v) is 1.99. The van der Waals surface area contributed by atoms with Crippen LogP contribution in [-0.4, -0.2) is 25.0 Å². The second-order valence-corrected chi connectivity index (χ2v) is 4.81. The van der Waals surface area contributed by atoms with Gasteiger partial charge in [0, 0.05) is 6.20 Å². The number of hydrogen-bond donors (Lipinski definition) is 0. The summed E-state index contributed by atoms with van der Waals surface area (Å²) < 4.78 is 39.1. The smallest absolute Gasteiger partial charge is 0.220 e. The SMILES string of the molecule is FC(F)(F)c1ccnc(-n2nnc3cc(Cl)c(Cl)cc32)n1. The Balaban J connectivity index is 2.19. The summed E-state index contributed by atoms with van der Waals surface area (Å²) in [4.78, 5) is 7.21. The van der Waals surface area contributed by atoms with Crippen LogP contribution in [0.5, 0.6) is 0 Å². The first kappa shape index (κ1) is 14.0. The van der Waals surface area contributed by atoms with Gasteiger partial charge >= 0.3 is 6.18 Å². The summed E-state index contributed by atoms with van der Waals surface area (Å²) in [5.41, 5.74) is -0.356. The average Bonchev–Trinajstić information content (AvgIpc) is 2.81. The van der Waals surface area contributed by atoms with E-state index in [1.807, 2.05) is 0 Å². The van der Waals surface area contributed by atoms with Gasteiger partial charge in [-0.15, -0.1) is 5.10 Å². The van der Waals surface area contributed by atoms with Crippen LogP contribution >= 0.6 is 23.2 Å². The predicted molar refractivity (Wildman–Crippen MR) is 69.5 cm³/mol. The third-order valence-corrected chi connectivity index (χ3v) is 3.33. The molecule has 108 valence electrons. The minimum absolute atomic E-state index is 0.222. The molecule has 0 N–H and O–H groups in total. The molecule has 0 saturated heterocycles. The molecule has 5 nitrogen and oxygen atoms in total. The van der Waals surface area contributed by atoms with Gasteiger partial charge in [0.05, 0.1) is 15.6 Å². The first-order chi connectivity index (χ1) is 9.86. The minimum Gasteiger partial charge on any atom is -0.220 e. The quantitative estimate of drug-likeness (QED) is 0.683. The Kier molecular flexibility index (Phi) is 3.22. The van der Waals surface area contributed by atoms with Crippen molar-refractivity contribution in [1.29, 1.82) is 0 Å². The lowest BCUT2D eigenvalue weighted by molar-refractivity contribution is -0.141. The highest BCUT2D eigenvalue weighted by atomic mass is 35.5. The second-order valence-electron chi connectivity index (χ2n) is 4.00. The van der Waals surface area contributed by atoms with Crippen LogP contribution in [0.4, 0.5) is 13.2 Å². The molecule has 0 amide bonds. The normalized spacial score (nSPS) is 12.0. The lowest BCUT2D eigenvalue weighted by Gasteiger charge is -2.06. The third-order valence-electron chi connectivity index (χ3n) is 2.61. The third kappa shape index (κ3) is 2.52. The zero-order valence-corrected chi connectivity index (χ0v) is 11.4. The van der Waals surface area contributed by atoms with Crippen LogP contribution in [0.3, 0.4) is 0 Å². The van der Waals surface area contributed by atoms with Crippen LogP contribution < -0.4 is 0 Å². The van der Waals surface area contributed by atoms with Crippen molar-refractivity contribution in [3.8, 4) is 5.95 Å². The molecule has 21 heavy (non-hydrogen) atoms. The molecule has 0 aliphatic heterocycles. The monoisotopic (exact) mass is 333 g/mol. The molecule has 2 heterocycles. The van der Waals surface area contributed by atoms with Crippen molar-refractivity contribution in [1.82, 2.24) is 25.0 Å². The standard InChI is InChI=1S/C11H4Cl2F3N5/c12-5-3-7-8(4-6(5)13)21(20-19-7)10-17-2-1-9(18-10)11(14,15)16/h1-4H. The van der Waals surface area contributed by atoms with E-state index in [0.717, 1.165) is 16.9 Å². The number of alkyl halides is 3. The molecule has 2 aromatic heterocycles. The maximum atomic E-state index is 12.7. The molecule has 3 aromatic rings. The average molecular weight is 334 g/mol. The summed E-state index contributed by atoms with van der Waals surface area (Å²) in [5.74, 6) is -0.259. The Hall–Kier alpha value is -1.93. The molecule has 0 saturated carbocycles. The van der Waals surface area contributed by atoms with E-state index in [1.54, 1.807) is 0 Å². The van der Waals surface area contributed by atoms with Crippen molar-refractivity contribution in [3.05, 3.63) is 40.1 Å². The first-order valence-corrected chi connectivity index (χ1v) is 6.23. The zero-order chi connectivity index (χ0) is 15.2. The van der Waals surface area contributed by atoms with E-state index in [4.69, 9.17) is 23.2 Å². The maximum Gasteiger partial charge on any atom is 0.433 e. The van der Waals surface area contributed by atoms with Gasteiger partial charge in [0.15, 0.2) is 0 Å². The highest BCUT2D eigenvalue weighted by Gasteiger charge is 2.33. The summed E-state index contributed by atoms with van der Waals surface area (Å²) in [6.45, 7) is 0. The molecule has 0 atom stereocenters. The van der Waals surface area contributed by atoms with Crippen LogP contribution in [0.25, 0.3) is 17.0 Å². The predicted octanol–water partition coefficient (Wildman–Crippen LogP) is 3.54. The lowest BCUT2D eigenvalue weighted by atomic mass is 10.3. The van der Waals surface area contributed by atoms with Crippen molar-refractivity contribution >= 4 is 34.2 Å². The first-order valence-electron chi connectivity index (χ1n) is 5.47. The number of fused-ring (bicyclic) bond motifs is 1. The van der Waals surface area contributed by atoms with Gasteiger partial charge in [0.1, 0.15) is 11.2 Å². The molecule has 0 fully saturated rings. The summed E-state index contributed by atoms with van der Waals surface area (Å²) in [6, 6.07) is 3.66. The second kappa shape index (κ2) is 4.81. The molecule has 10 heteroatoms. The van der Waals surface area contributed by atoms with Crippen LogP contribution in [0, 0.1) is 0 Å². The molecule has 1 aromatic carbocycles. The summed E-state index contributed by atoms with van der Waals surface area (Å²) in [7, 11) is 0. The number of halogens is 5. The molecule has 3 rings (SSSR count).